The minimum atomic E-state index is 0.434. The summed E-state index contributed by atoms with van der Waals surface area (Å²) in [5, 5.41) is 8.54. The summed E-state index contributed by atoms with van der Waals surface area (Å²) >= 11 is 0. The summed E-state index contributed by atoms with van der Waals surface area (Å²) in [5.74, 6) is 2.48. The summed E-state index contributed by atoms with van der Waals surface area (Å²) in [6.07, 6.45) is 7.05. The zero-order chi connectivity index (χ0) is 16.2. The molecule has 0 spiro atoms. The van der Waals surface area contributed by atoms with Crippen LogP contribution in [0.2, 0.25) is 0 Å². The largest absolute Gasteiger partial charge is 0.369 e. The second kappa shape index (κ2) is 6.71. The molecule has 0 atom stereocenters. The Bertz CT molecular complexity index is 791. The van der Waals surface area contributed by atoms with E-state index in [2.05, 4.69) is 34.6 Å². The first-order valence-corrected chi connectivity index (χ1v) is 7.80. The first-order chi connectivity index (χ1) is 11.9. The summed E-state index contributed by atoms with van der Waals surface area (Å²) < 4.78 is 7.85. The van der Waals surface area contributed by atoms with Crippen molar-refractivity contribution in [2.45, 2.75) is 26.3 Å². The van der Waals surface area contributed by atoms with Crippen molar-refractivity contribution in [3.8, 4) is 0 Å². The summed E-state index contributed by atoms with van der Waals surface area (Å²) in [4.78, 5) is 14.8. The van der Waals surface area contributed by atoms with Crippen LogP contribution in [-0.4, -0.2) is 36.3 Å². The Hall–Kier alpha value is -2.87. The number of anilines is 1. The summed E-state index contributed by atoms with van der Waals surface area (Å²) in [5.41, 5.74) is 1.04. The summed E-state index contributed by atoms with van der Waals surface area (Å²) in [7, 11) is 0. The van der Waals surface area contributed by atoms with Crippen LogP contribution in [0.1, 0.15) is 17.2 Å². The third kappa shape index (κ3) is 3.09. The van der Waals surface area contributed by atoms with Gasteiger partial charge in [-0.15, -0.1) is 10.2 Å². The molecule has 0 unspecified atom stereocenters. The van der Waals surface area contributed by atoms with Gasteiger partial charge >= 0.3 is 0 Å². The second-order valence-corrected chi connectivity index (χ2v) is 5.51. The van der Waals surface area contributed by atoms with E-state index in [1.165, 1.54) is 0 Å². The number of hydrogen-bond donors (Lipinski definition) is 0. The van der Waals surface area contributed by atoms with E-state index >= 15 is 0 Å². The maximum atomic E-state index is 5.74. The Kier molecular flexibility index (Phi) is 4.11. The Labute approximate surface area is 139 Å². The normalized spacial score (nSPS) is 13.8. The smallest absolute Gasteiger partial charge is 0.225 e. The predicted octanol–water partition coefficient (Wildman–Crippen LogP) is 1.20. The lowest BCUT2D eigenvalue weighted by molar-refractivity contribution is 0.0986. The van der Waals surface area contributed by atoms with Crippen LogP contribution in [0.4, 0.5) is 5.95 Å². The number of pyridine rings is 1. The maximum Gasteiger partial charge on any atom is 0.225 e. The van der Waals surface area contributed by atoms with Gasteiger partial charge in [0, 0.05) is 37.9 Å². The van der Waals surface area contributed by atoms with Crippen molar-refractivity contribution in [3.63, 3.8) is 0 Å². The molecule has 0 radical (unpaired) electrons. The Morgan fingerprint density at radius 3 is 2.75 bits per heavy atom. The molecule has 8 nitrogen and oxygen atoms in total. The zero-order valence-electron chi connectivity index (χ0n) is 13.1. The molecule has 0 aliphatic carbocycles. The van der Waals surface area contributed by atoms with E-state index in [4.69, 9.17) is 4.74 Å². The lowest BCUT2D eigenvalue weighted by Crippen LogP contribution is -2.35. The van der Waals surface area contributed by atoms with Crippen molar-refractivity contribution >= 4 is 5.95 Å². The highest BCUT2D eigenvalue weighted by Crippen LogP contribution is 2.17. The highest BCUT2D eigenvalue weighted by molar-refractivity contribution is 5.30. The predicted molar refractivity (Wildman–Crippen MR) is 85.8 cm³/mol. The van der Waals surface area contributed by atoms with Crippen LogP contribution in [-0.2, 0) is 31.0 Å². The van der Waals surface area contributed by atoms with Gasteiger partial charge in [0.05, 0.1) is 13.2 Å². The van der Waals surface area contributed by atoms with E-state index in [1.807, 2.05) is 18.2 Å². The van der Waals surface area contributed by atoms with Gasteiger partial charge in [-0.2, -0.15) is 0 Å². The minimum absolute atomic E-state index is 0.434. The van der Waals surface area contributed by atoms with Gasteiger partial charge in [0.1, 0.15) is 6.61 Å². The zero-order valence-corrected chi connectivity index (χ0v) is 13.1. The van der Waals surface area contributed by atoms with Gasteiger partial charge in [-0.25, -0.2) is 9.97 Å². The first-order valence-electron chi connectivity index (χ1n) is 7.80. The molecular weight excluding hydrogens is 306 g/mol. The molecule has 3 aromatic rings. The van der Waals surface area contributed by atoms with Crippen LogP contribution >= 0.6 is 0 Å². The monoisotopic (exact) mass is 323 g/mol. The van der Waals surface area contributed by atoms with Crippen molar-refractivity contribution in [1.82, 2.24) is 29.7 Å². The van der Waals surface area contributed by atoms with E-state index in [0.717, 1.165) is 36.3 Å². The standard InChI is InChI=1S/C16H17N7O/c1-3-13(9-17-4-1)11-24-12-15-21-20-14-10-22(7-8-23(14)15)16-18-5-2-6-19-16/h1-6,9H,7-8,10-12H2. The lowest BCUT2D eigenvalue weighted by atomic mass is 10.3. The fourth-order valence-corrected chi connectivity index (χ4v) is 2.69. The SMILES string of the molecule is c1cnc(N2CCn3c(COCc4cccnc4)nnc3C2)nc1. The Morgan fingerprint density at radius 2 is 1.92 bits per heavy atom. The van der Waals surface area contributed by atoms with Gasteiger partial charge in [-0.1, -0.05) is 6.07 Å². The van der Waals surface area contributed by atoms with E-state index in [0.29, 0.717) is 19.8 Å². The quantitative estimate of drug-likeness (QED) is 0.698. The number of hydrogen-bond acceptors (Lipinski definition) is 7. The van der Waals surface area contributed by atoms with Crippen LogP contribution in [0.5, 0.6) is 0 Å². The van der Waals surface area contributed by atoms with Gasteiger partial charge in [0.15, 0.2) is 11.6 Å². The molecule has 0 aromatic carbocycles. The molecule has 1 aliphatic heterocycles. The van der Waals surface area contributed by atoms with E-state index < -0.39 is 0 Å². The first kappa shape index (κ1) is 14.7. The molecule has 0 saturated carbocycles. The molecule has 0 saturated heterocycles. The van der Waals surface area contributed by atoms with E-state index in [9.17, 15) is 0 Å². The molecule has 1 aliphatic rings. The number of fused-ring (bicyclic) bond motifs is 1. The van der Waals surface area contributed by atoms with Gasteiger partial charge in [-0.05, 0) is 17.7 Å². The Morgan fingerprint density at radius 1 is 1.00 bits per heavy atom. The maximum absolute atomic E-state index is 5.74. The van der Waals surface area contributed by atoms with Crippen molar-refractivity contribution in [2.75, 3.05) is 11.4 Å². The minimum Gasteiger partial charge on any atom is -0.369 e. The molecule has 0 amide bonds. The van der Waals surface area contributed by atoms with Gasteiger partial charge in [0.2, 0.25) is 5.95 Å². The highest BCUT2D eigenvalue weighted by Gasteiger charge is 2.22. The molecule has 122 valence electrons. The molecule has 0 N–H and O–H groups in total. The number of nitrogens with zero attached hydrogens (tertiary/aromatic N) is 7. The van der Waals surface area contributed by atoms with Crippen molar-refractivity contribution in [2.24, 2.45) is 0 Å². The fraction of sp³-hybridized carbons (Fsp3) is 0.312. The number of rotatable bonds is 5. The molecule has 4 heterocycles. The third-order valence-corrected chi connectivity index (χ3v) is 3.89. The average Bonchev–Trinajstić information content (AvgIpc) is 3.06. The molecule has 0 bridgehead atoms. The molecule has 24 heavy (non-hydrogen) atoms. The Balaban J connectivity index is 1.39. The van der Waals surface area contributed by atoms with Crippen LogP contribution in [0.15, 0.2) is 43.0 Å². The van der Waals surface area contributed by atoms with Gasteiger partial charge < -0.3 is 14.2 Å². The van der Waals surface area contributed by atoms with Gasteiger partial charge in [0.25, 0.3) is 0 Å². The molecule has 0 fully saturated rings. The third-order valence-electron chi connectivity index (χ3n) is 3.89. The van der Waals surface area contributed by atoms with E-state index in [-0.39, 0.29) is 0 Å². The van der Waals surface area contributed by atoms with Crippen LogP contribution in [0, 0.1) is 0 Å². The average molecular weight is 323 g/mol. The van der Waals surface area contributed by atoms with E-state index in [1.54, 1.807) is 24.8 Å². The second-order valence-electron chi connectivity index (χ2n) is 5.51. The van der Waals surface area contributed by atoms with Gasteiger partial charge in [-0.3, -0.25) is 4.98 Å². The molecule has 8 heteroatoms. The molecule has 3 aromatic heterocycles. The van der Waals surface area contributed by atoms with Crippen LogP contribution < -0.4 is 4.90 Å². The highest BCUT2D eigenvalue weighted by atomic mass is 16.5. The molecular formula is C16H17N7O. The fourth-order valence-electron chi connectivity index (χ4n) is 2.69. The lowest BCUT2D eigenvalue weighted by Gasteiger charge is -2.27. The van der Waals surface area contributed by atoms with Crippen LogP contribution in [0.3, 0.4) is 0 Å². The number of aromatic nitrogens is 6. The summed E-state index contributed by atoms with van der Waals surface area (Å²) in [6.45, 7) is 3.22. The summed E-state index contributed by atoms with van der Waals surface area (Å²) in [6, 6.07) is 5.70. The van der Waals surface area contributed by atoms with Crippen molar-refractivity contribution < 1.29 is 4.74 Å². The van der Waals surface area contributed by atoms with Crippen LogP contribution in [0.25, 0.3) is 0 Å². The van der Waals surface area contributed by atoms with Crippen molar-refractivity contribution in [1.29, 1.82) is 0 Å². The number of ether oxygens (including phenoxy) is 1. The molecule has 4 rings (SSSR count). The van der Waals surface area contributed by atoms with Crippen molar-refractivity contribution in [3.05, 3.63) is 60.2 Å². The topological polar surface area (TPSA) is 81.9 Å².